The maximum Gasteiger partial charge on any atom is 0.319 e. The van der Waals surface area contributed by atoms with Gasteiger partial charge in [0.05, 0.1) is 5.69 Å². The maximum atomic E-state index is 13.5. The van der Waals surface area contributed by atoms with E-state index >= 15 is 0 Å². The van der Waals surface area contributed by atoms with E-state index < -0.39 is 28.5 Å². The summed E-state index contributed by atoms with van der Waals surface area (Å²) in [6.07, 6.45) is 3.25. The average Bonchev–Trinajstić information content (AvgIpc) is 2.51. The van der Waals surface area contributed by atoms with Crippen molar-refractivity contribution < 1.29 is 17.8 Å². The molecule has 0 spiro atoms. The van der Waals surface area contributed by atoms with Gasteiger partial charge in [-0.3, -0.25) is 4.21 Å². The molecule has 1 saturated carbocycles. The van der Waals surface area contributed by atoms with Crippen LogP contribution in [0.2, 0.25) is 0 Å². The number of carbonyl (C=O) groups excluding carboxylic acids is 1. The summed E-state index contributed by atoms with van der Waals surface area (Å²) in [4.78, 5) is 11.9. The zero-order chi connectivity index (χ0) is 16.1. The van der Waals surface area contributed by atoms with Crippen LogP contribution in [-0.4, -0.2) is 27.3 Å². The molecule has 0 radical (unpaired) electrons. The van der Waals surface area contributed by atoms with E-state index in [0.29, 0.717) is 12.2 Å². The van der Waals surface area contributed by atoms with E-state index in [1.54, 1.807) is 0 Å². The number of halogens is 2. The van der Waals surface area contributed by atoms with Crippen molar-refractivity contribution in [3.63, 3.8) is 0 Å². The molecule has 1 aromatic rings. The molecule has 0 bridgehead atoms. The van der Waals surface area contributed by atoms with Gasteiger partial charge in [0.25, 0.3) is 0 Å². The second-order valence-electron chi connectivity index (χ2n) is 5.35. The first-order valence-electron chi connectivity index (χ1n) is 7.40. The lowest BCUT2D eigenvalue weighted by Gasteiger charge is -2.29. The molecule has 4 nitrogen and oxygen atoms in total. The predicted octanol–water partition coefficient (Wildman–Crippen LogP) is 3.17. The summed E-state index contributed by atoms with van der Waals surface area (Å²) in [7, 11) is -0.875. The summed E-state index contributed by atoms with van der Waals surface area (Å²) in [5.41, 5.74) is -0.193. The number of hydrogen-bond donors (Lipinski definition) is 2. The Kier molecular flexibility index (Phi) is 5.88. The first-order chi connectivity index (χ1) is 10.5. The van der Waals surface area contributed by atoms with Crippen LogP contribution in [0.5, 0.6) is 0 Å². The molecule has 2 rings (SSSR count). The fourth-order valence-electron chi connectivity index (χ4n) is 2.69. The maximum absolute atomic E-state index is 13.5. The van der Waals surface area contributed by atoms with Crippen LogP contribution < -0.4 is 10.6 Å². The fraction of sp³-hybridized carbons (Fsp3) is 0.533. The van der Waals surface area contributed by atoms with Crippen LogP contribution in [0.4, 0.5) is 19.3 Å². The third-order valence-electron chi connectivity index (χ3n) is 3.82. The van der Waals surface area contributed by atoms with Crippen LogP contribution >= 0.6 is 0 Å². The van der Waals surface area contributed by atoms with Gasteiger partial charge in [-0.2, -0.15) is 0 Å². The predicted molar refractivity (Wildman–Crippen MR) is 83.2 cm³/mol. The average molecular weight is 330 g/mol. The third kappa shape index (κ3) is 4.25. The van der Waals surface area contributed by atoms with Gasteiger partial charge in [-0.25, -0.2) is 13.6 Å². The lowest BCUT2D eigenvalue weighted by atomic mass is 9.95. The molecule has 0 aliphatic heterocycles. The van der Waals surface area contributed by atoms with Gasteiger partial charge >= 0.3 is 6.03 Å². The summed E-state index contributed by atoms with van der Waals surface area (Å²) in [5, 5.41) is 5.16. The smallest absolute Gasteiger partial charge is 0.319 e. The van der Waals surface area contributed by atoms with Gasteiger partial charge in [0.2, 0.25) is 0 Å². The van der Waals surface area contributed by atoms with Crippen molar-refractivity contribution in [1.82, 2.24) is 5.32 Å². The van der Waals surface area contributed by atoms with E-state index in [2.05, 4.69) is 10.6 Å². The van der Waals surface area contributed by atoms with Gasteiger partial charge in [-0.05, 0) is 31.4 Å². The number of rotatable bonds is 4. The van der Waals surface area contributed by atoms with Crippen molar-refractivity contribution >= 4 is 22.5 Å². The number of carbonyl (C=O) groups is 1. The van der Waals surface area contributed by atoms with Crippen LogP contribution in [0.25, 0.3) is 0 Å². The molecule has 0 unspecified atom stereocenters. The van der Waals surface area contributed by atoms with Gasteiger partial charge in [-0.1, -0.05) is 19.4 Å². The van der Waals surface area contributed by atoms with Gasteiger partial charge in [0.15, 0.2) is 11.6 Å². The summed E-state index contributed by atoms with van der Waals surface area (Å²) < 4.78 is 38.4. The SMILES string of the molecule is CC[S@](=O)[C@@H]1CCC[C@@H](NC(=O)Nc2cccc(F)c2F)C1. The van der Waals surface area contributed by atoms with Crippen molar-refractivity contribution in [3.05, 3.63) is 29.8 Å². The molecule has 1 fully saturated rings. The molecule has 3 atom stereocenters. The molecule has 2 amide bonds. The Morgan fingerprint density at radius 1 is 1.36 bits per heavy atom. The summed E-state index contributed by atoms with van der Waals surface area (Å²) >= 11 is 0. The molecule has 1 aliphatic carbocycles. The number of amides is 2. The van der Waals surface area contributed by atoms with Crippen molar-refractivity contribution in [3.8, 4) is 0 Å². The Hall–Kier alpha value is -1.50. The molecule has 0 aromatic heterocycles. The van der Waals surface area contributed by atoms with Crippen molar-refractivity contribution in [1.29, 1.82) is 0 Å². The largest absolute Gasteiger partial charge is 0.335 e. The molecule has 122 valence electrons. The molecular formula is C15H20F2N2O2S. The van der Waals surface area contributed by atoms with E-state index in [9.17, 15) is 17.8 Å². The Morgan fingerprint density at radius 3 is 2.86 bits per heavy atom. The topological polar surface area (TPSA) is 58.2 Å². The molecule has 7 heteroatoms. The first kappa shape index (κ1) is 16.9. The van der Waals surface area contributed by atoms with Crippen LogP contribution in [-0.2, 0) is 10.8 Å². The minimum atomic E-state index is -1.08. The highest BCUT2D eigenvalue weighted by Gasteiger charge is 2.26. The van der Waals surface area contributed by atoms with Crippen molar-refractivity contribution in [2.75, 3.05) is 11.1 Å². The van der Waals surface area contributed by atoms with Crippen LogP contribution in [0.3, 0.4) is 0 Å². The van der Waals surface area contributed by atoms with Crippen LogP contribution in [0, 0.1) is 11.6 Å². The standard InChI is InChI=1S/C15H20F2N2O2S/c1-2-22(21)11-6-3-5-10(9-11)18-15(20)19-13-8-4-7-12(16)14(13)17/h4,7-8,10-11H,2-3,5-6,9H2,1H3,(H2,18,19,20)/t10-,11-,22+/m1/s1. The zero-order valence-corrected chi connectivity index (χ0v) is 13.2. The van der Waals surface area contributed by atoms with Crippen LogP contribution in [0.1, 0.15) is 32.6 Å². The van der Waals surface area contributed by atoms with Crippen molar-refractivity contribution in [2.24, 2.45) is 0 Å². The van der Waals surface area contributed by atoms with E-state index in [4.69, 9.17) is 0 Å². The van der Waals surface area contributed by atoms with Crippen molar-refractivity contribution in [2.45, 2.75) is 43.9 Å². The van der Waals surface area contributed by atoms with Gasteiger partial charge in [0, 0.05) is 27.8 Å². The molecule has 22 heavy (non-hydrogen) atoms. The van der Waals surface area contributed by atoms with Gasteiger partial charge < -0.3 is 10.6 Å². The first-order valence-corrected chi connectivity index (χ1v) is 8.78. The number of anilines is 1. The normalized spacial score (nSPS) is 22.9. The second-order valence-corrected chi connectivity index (χ2v) is 7.36. The molecule has 0 saturated heterocycles. The Labute approximate surface area is 131 Å². The minimum absolute atomic E-state index is 0.0918. The Balaban J connectivity index is 1.91. The van der Waals surface area contributed by atoms with E-state index in [1.165, 1.54) is 12.1 Å². The van der Waals surface area contributed by atoms with E-state index in [0.717, 1.165) is 25.3 Å². The monoisotopic (exact) mass is 330 g/mol. The highest BCUT2D eigenvalue weighted by atomic mass is 32.2. The molecule has 1 aliphatic rings. The molecule has 0 heterocycles. The third-order valence-corrected chi connectivity index (χ3v) is 5.56. The highest BCUT2D eigenvalue weighted by molar-refractivity contribution is 7.85. The van der Waals surface area contributed by atoms with Crippen LogP contribution in [0.15, 0.2) is 18.2 Å². The van der Waals surface area contributed by atoms with E-state index in [1.807, 2.05) is 6.92 Å². The molecule has 1 aromatic carbocycles. The molecule has 2 N–H and O–H groups in total. The summed E-state index contributed by atoms with van der Waals surface area (Å²) in [6, 6.07) is 2.95. The number of nitrogens with one attached hydrogen (secondary N) is 2. The highest BCUT2D eigenvalue weighted by Crippen LogP contribution is 2.23. The minimum Gasteiger partial charge on any atom is -0.335 e. The second kappa shape index (κ2) is 7.67. The van der Waals surface area contributed by atoms with Gasteiger partial charge in [-0.15, -0.1) is 0 Å². The quantitative estimate of drug-likeness (QED) is 0.891. The summed E-state index contributed by atoms with van der Waals surface area (Å²) in [5.74, 6) is -1.47. The Morgan fingerprint density at radius 2 is 2.14 bits per heavy atom. The Bertz CT molecular complexity index is 568. The lowest BCUT2D eigenvalue weighted by molar-refractivity contribution is 0.244. The fourth-order valence-corrected chi connectivity index (χ4v) is 4.04. The zero-order valence-electron chi connectivity index (χ0n) is 12.4. The number of urea groups is 1. The number of benzene rings is 1. The van der Waals surface area contributed by atoms with Gasteiger partial charge in [0.1, 0.15) is 0 Å². The number of hydrogen-bond acceptors (Lipinski definition) is 2. The summed E-state index contributed by atoms with van der Waals surface area (Å²) in [6.45, 7) is 1.88. The van der Waals surface area contributed by atoms with E-state index in [-0.39, 0.29) is 17.0 Å². The molecular weight excluding hydrogens is 310 g/mol. The lowest BCUT2D eigenvalue weighted by Crippen LogP contribution is -2.43.